The number of anilines is 2. The Morgan fingerprint density at radius 3 is 3.06 bits per heavy atom. The van der Waals surface area contributed by atoms with Gasteiger partial charge in [0.05, 0.1) is 0 Å². The van der Waals surface area contributed by atoms with Gasteiger partial charge >= 0.3 is 0 Å². The van der Waals surface area contributed by atoms with Crippen molar-refractivity contribution in [3.8, 4) is 0 Å². The Morgan fingerprint density at radius 2 is 2.39 bits per heavy atom. The molecule has 6 nitrogen and oxygen atoms in total. The minimum Gasteiger partial charge on any atom is -0.383 e. The third-order valence-corrected chi connectivity index (χ3v) is 3.20. The van der Waals surface area contributed by atoms with Gasteiger partial charge in [-0.15, -0.1) is 0 Å². The maximum atomic E-state index is 11.0. The van der Waals surface area contributed by atoms with E-state index in [4.69, 9.17) is 5.73 Å². The van der Waals surface area contributed by atoms with E-state index >= 15 is 0 Å². The first-order valence-corrected chi connectivity index (χ1v) is 6.23. The van der Waals surface area contributed by atoms with Crippen LogP contribution in [-0.4, -0.2) is 35.0 Å². The number of nitrogen functional groups attached to an aromatic ring is 1. The Balaban J connectivity index is 2.14. The number of amides is 1. The number of nitrogens with two attached hydrogens (primary N) is 1. The lowest BCUT2D eigenvalue weighted by atomic mass is 10.2. The van der Waals surface area contributed by atoms with Crippen LogP contribution in [0.15, 0.2) is 6.33 Å². The molecule has 2 rings (SSSR count). The van der Waals surface area contributed by atoms with Crippen molar-refractivity contribution in [2.75, 3.05) is 23.7 Å². The molecular weight excluding hydrogens is 230 g/mol. The van der Waals surface area contributed by atoms with Gasteiger partial charge in [0.2, 0.25) is 5.91 Å². The van der Waals surface area contributed by atoms with E-state index in [0.29, 0.717) is 5.82 Å². The fraction of sp³-hybridized carbons (Fsp3) is 0.583. The normalized spacial score (nSPS) is 19.0. The maximum absolute atomic E-state index is 11.0. The summed E-state index contributed by atoms with van der Waals surface area (Å²) < 4.78 is 0. The van der Waals surface area contributed by atoms with Crippen LogP contribution >= 0.6 is 0 Å². The Kier molecular flexibility index (Phi) is 3.64. The number of nitrogens with zero attached hydrogens (tertiary/aromatic N) is 3. The molecule has 1 aromatic rings. The molecule has 1 unspecified atom stereocenters. The minimum absolute atomic E-state index is 0.0137. The molecule has 3 N–H and O–H groups in total. The summed E-state index contributed by atoms with van der Waals surface area (Å²) >= 11 is 0. The molecule has 0 radical (unpaired) electrons. The third-order valence-electron chi connectivity index (χ3n) is 3.20. The number of carbonyl (C=O) groups is 1. The summed E-state index contributed by atoms with van der Waals surface area (Å²) in [4.78, 5) is 21.6. The van der Waals surface area contributed by atoms with Crippen LogP contribution in [0.2, 0.25) is 0 Å². The van der Waals surface area contributed by atoms with E-state index in [1.807, 2.05) is 6.92 Å². The highest BCUT2D eigenvalue weighted by atomic mass is 16.1. The van der Waals surface area contributed by atoms with E-state index in [1.165, 1.54) is 6.33 Å². The standard InChI is InChI=1S/C12H19N5O/c1-3-10-11(13)14-7-15-12(10)17-5-4-9(6-17)16-8(2)18/h7,9H,3-6H2,1-2H3,(H,16,18)(H2,13,14,15). The van der Waals surface area contributed by atoms with Crippen molar-refractivity contribution in [2.45, 2.75) is 32.7 Å². The van der Waals surface area contributed by atoms with E-state index in [0.717, 1.165) is 37.3 Å². The summed E-state index contributed by atoms with van der Waals surface area (Å²) in [6, 6.07) is 0.198. The monoisotopic (exact) mass is 249 g/mol. The number of hydrogen-bond acceptors (Lipinski definition) is 5. The SMILES string of the molecule is CCc1c(N)ncnc1N1CCC(NC(C)=O)C1. The number of hydrogen-bond donors (Lipinski definition) is 2. The molecule has 0 saturated carbocycles. The lowest BCUT2D eigenvalue weighted by molar-refractivity contribution is -0.119. The van der Waals surface area contributed by atoms with Crippen LogP contribution in [0.4, 0.5) is 11.6 Å². The molecule has 0 aliphatic carbocycles. The predicted octanol–water partition coefficient (Wildman–Crippen LogP) is 0.336. The van der Waals surface area contributed by atoms with E-state index in [1.54, 1.807) is 6.92 Å². The van der Waals surface area contributed by atoms with E-state index in [9.17, 15) is 4.79 Å². The van der Waals surface area contributed by atoms with Crippen molar-refractivity contribution in [2.24, 2.45) is 0 Å². The van der Waals surface area contributed by atoms with E-state index in [2.05, 4.69) is 20.2 Å². The number of carbonyl (C=O) groups excluding carboxylic acids is 1. The van der Waals surface area contributed by atoms with Gasteiger partial charge in [-0.3, -0.25) is 4.79 Å². The molecule has 1 aromatic heterocycles. The first-order valence-electron chi connectivity index (χ1n) is 6.23. The second-order valence-corrected chi connectivity index (χ2v) is 4.55. The van der Waals surface area contributed by atoms with Crippen molar-refractivity contribution in [3.63, 3.8) is 0 Å². The van der Waals surface area contributed by atoms with Gasteiger partial charge in [-0.25, -0.2) is 9.97 Å². The molecule has 6 heteroatoms. The van der Waals surface area contributed by atoms with Crippen LogP contribution in [0.5, 0.6) is 0 Å². The molecule has 1 atom stereocenters. The molecule has 0 spiro atoms. The van der Waals surface area contributed by atoms with Gasteiger partial charge in [0.25, 0.3) is 0 Å². The zero-order valence-corrected chi connectivity index (χ0v) is 10.8. The Hall–Kier alpha value is -1.85. The first kappa shape index (κ1) is 12.6. The lowest BCUT2D eigenvalue weighted by Crippen LogP contribution is -2.36. The average molecular weight is 249 g/mol. The number of rotatable bonds is 3. The summed E-state index contributed by atoms with van der Waals surface area (Å²) in [6.45, 7) is 5.25. The number of nitrogens with one attached hydrogen (secondary N) is 1. The van der Waals surface area contributed by atoms with Crippen LogP contribution in [0.1, 0.15) is 25.8 Å². The van der Waals surface area contributed by atoms with Crippen LogP contribution in [-0.2, 0) is 11.2 Å². The Morgan fingerprint density at radius 1 is 1.61 bits per heavy atom. The topological polar surface area (TPSA) is 84.1 Å². The highest BCUT2D eigenvalue weighted by Crippen LogP contribution is 2.25. The fourth-order valence-corrected chi connectivity index (χ4v) is 2.39. The van der Waals surface area contributed by atoms with Crippen molar-refractivity contribution in [3.05, 3.63) is 11.9 Å². The van der Waals surface area contributed by atoms with Crippen LogP contribution in [0.25, 0.3) is 0 Å². The zero-order valence-electron chi connectivity index (χ0n) is 10.8. The summed E-state index contributed by atoms with van der Waals surface area (Å²) in [5, 5.41) is 2.94. The van der Waals surface area contributed by atoms with Crippen molar-refractivity contribution in [1.29, 1.82) is 0 Å². The van der Waals surface area contributed by atoms with Gasteiger partial charge in [0, 0.05) is 31.6 Å². The highest BCUT2D eigenvalue weighted by molar-refractivity contribution is 5.73. The van der Waals surface area contributed by atoms with Gasteiger partial charge in [-0.1, -0.05) is 6.92 Å². The van der Waals surface area contributed by atoms with Crippen molar-refractivity contribution >= 4 is 17.5 Å². The summed E-state index contributed by atoms with van der Waals surface area (Å²) in [6.07, 6.45) is 3.24. The van der Waals surface area contributed by atoms with E-state index < -0.39 is 0 Å². The van der Waals surface area contributed by atoms with Gasteiger partial charge < -0.3 is 16.0 Å². The molecule has 1 aliphatic rings. The molecule has 1 fully saturated rings. The molecule has 2 heterocycles. The van der Waals surface area contributed by atoms with Crippen LogP contribution in [0.3, 0.4) is 0 Å². The zero-order chi connectivity index (χ0) is 13.1. The van der Waals surface area contributed by atoms with E-state index in [-0.39, 0.29) is 11.9 Å². The largest absolute Gasteiger partial charge is 0.383 e. The predicted molar refractivity (Wildman–Crippen MR) is 70.3 cm³/mol. The van der Waals surface area contributed by atoms with Crippen LogP contribution < -0.4 is 16.0 Å². The van der Waals surface area contributed by atoms with Gasteiger partial charge in [0.15, 0.2) is 0 Å². The maximum Gasteiger partial charge on any atom is 0.217 e. The number of aromatic nitrogens is 2. The quantitative estimate of drug-likeness (QED) is 0.806. The fourth-order valence-electron chi connectivity index (χ4n) is 2.39. The second kappa shape index (κ2) is 5.20. The average Bonchev–Trinajstić information content (AvgIpc) is 2.76. The second-order valence-electron chi connectivity index (χ2n) is 4.55. The molecular formula is C12H19N5O. The van der Waals surface area contributed by atoms with Crippen LogP contribution in [0, 0.1) is 0 Å². The molecule has 1 amide bonds. The molecule has 18 heavy (non-hydrogen) atoms. The Labute approximate surface area is 107 Å². The highest BCUT2D eigenvalue weighted by Gasteiger charge is 2.26. The Bertz CT molecular complexity index is 448. The smallest absolute Gasteiger partial charge is 0.217 e. The molecule has 1 saturated heterocycles. The molecule has 0 aromatic carbocycles. The van der Waals surface area contributed by atoms with Crippen molar-refractivity contribution in [1.82, 2.24) is 15.3 Å². The van der Waals surface area contributed by atoms with Gasteiger partial charge in [-0.05, 0) is 12.8 Å². The molecule has 1 aliphatic heterocycles. The summed E-state index contributed by atoms with van der Waals surface area (Å²) in [5.41, 5.74) is 6.85. The van der Waals surface area contributed by atoms with Gasteiger partial charge in [0.1, 0.15) is 18.0 Å². The van der Waals surface area contributed by atoms with Gasteiger partial charge in [-0.2, -0.15) is 0 Å². The molecule has 98 valence electrons. The third kappa shape index (κ3) is 2.52. The summed E-state index contributed by atoms with van der Waals surface area (Å²) in [5.74, 6) is 1.46. The summed E-state index contributed by atoms with van der Waals surface area (Å²) in [7, 11) is 0. The van der Waals surface area contributed by atoms with Crippen molar-refractivity contribution < 1.29 is 4.79 Å². The lowest BCUT2D eigenvalue weighted by Gasteiger charge is -2.20. The first-order chi connectivity index (χ1) is 8.61. The molecule has 0 bridgehead atoms. The minimum atomic E-state index is 0.0137.